The molecule has 0 aliphatic heterocycles. The Kier molecular flexibility index (Phi) is 4.89. The summed E-state index contributed by atoms with van der Waals surface area (Å²) < 4.78 is 5.20. The normalized spacial score (nSPS) is 16.3. The second kappa shape index (κ2) is 7.09. The number of anilines is 1. The van der Waals surface area contributed by atoms with Crippen molar-refractivity contribution in [3.63, 3.8) is 0 Å². The van der Waals surface area contributed by atoms with Crippen LogP contribution >= 0.6 is 11.3 Å². The van der Waals surface area contributed by atoms with Crippen LogP contribution in [0.2, 0.25) is 0 Å². The van der Waals surface area contributed by atoms with Gasteiger partial charge in [-0.15, -0.1) is 11.3 Å². The predicted molar refractivity (Wildman–Crippen MR) is 91.4 cm³/mol. The lowest BCUT2D eigenvalue weighted by Crippen LogP contribution is -2.17. The monoisotopic (exact) mass is 345 g/mol. The Labute approximate surface area is 144 Å². The van der Waals surface area contributed by atoms with Crippen LogP contribution in [0.4, 0.5) is 5.00 Å². The minimum Gasteiger partial charge on any atom is -0.462 e. The molecular formula is C17H19N3O3S. The number of nitrogens with one attached hydrogen (secondary N) is 1. The van der Waals surface area contributed by atoms with Gasteiger partial charge in [-0.3, -0.25) is 9.78 Å². The standard InChI is InChI=1S/C17H19N3O3S/c1-3-23-17(22)14-11-5-4-10(2)8-13(11)24-16(14)20-15(21)12-9-18-6-7-19-12/h6-7,9-10H,3-5,8H2,1-2H3,(H,20,21)/t10-/m0/s1. The second-order valence-electron chi connectivity index (χ2n) is 5.82. The van der Waals surface area contributed by atoms with Gasteiger partial charge in [0.15, 0.2) is 0 Å². The van der Waals surface area contributed by atoms with E-state index in [-0.39, 0.29) is 17.6 Å². The second-order valence-corrected chi connectivity index (χ2v) is 6.93. The van der Waals surface area contributed by atoms with Crippen LogP contribution in [0.5, 0.6) is 0 Å². The van der Waals surface area contributed by atoms with Gasteiger partial charge in [-0.25, -0.2) is 9.78 Å². The fourth-order valence-electron chi connectivity index (χ4n) is 2.84. The molecule has 126 valence electrons. The predicted octanol–water partition coefficient (Wildman–Crippen LogP) is 3.09. The molecule has 0 saturated heterocycles. The van der Waals surface area contributed by atoms with Crippen molar-refractivity contribution < 1.29 is 14.3 Å². The van der Waals surface area contributed by atoms with Gasteiger partial charge in [0.2, 0.25) is 0 Å². The zero-order chi connectivity index (χ0) is 17.1. The zero-order valence-corrected chi connectivity index (χ0v) is 14.5. The molecule has 2 heterocycles. The molecule has 0 spiro atoms. The summed E-state index contributed by atoms with van der Waals surface area (Å²) in [5.41, 5.74) is 1.74. The molecule has 1 aliphatic carbocycles. The number of esters is 1. The van der Waals surface area contributed by atoms with Crippen LogP contribution in [-0.4, -0.2) is 28.5 Å². The van der Waals surface area contributed by atoms with Crippen LogP contribution in [0.15, 0.2) is 18.6 Å². The van der Waals surface area contributed by atoms with E-state index in [2.05, 4.69) is 22.2 Å². The minimum absolute atomic E-state index is 0.215. The zero-order valence-electron chi connectivity index (χ0n) is 13.7. The van der Waals surface area contributed by atoms with Gasteiger partial charge in [0.25, 0.3) is 5.91 Å². The van der Waals surface area contributed by atoms with Crippen LogP contribution < -0.4 is 5.32 Å². The third-order valence-corrected chi connectivity index (χ3v) is 5.18. The van der Waals surface area contributed by atoms with Gasteiger partial charge in [0, 0.05) is 17.3 Å². The molecular weight excluding hydrogens is 326 g/mol. The van der Waals surface area contributed by atoms with Crippen molar-refractivity contribution in [1.82, 2.24) is 9.97 Å². The highest BCUT2D eigenvalue weighted by Crippen LogP contribution is 2.40. The van der Waals surface area contributed by atoms with E-state index >= 15 is 0 Å². The van der Waals surface area contributed by atoms with Gasteiger partial charge in [-0.2, -0.15) is 0 Å². The lowest BCUT2D eigenvalue weighted by atomic mass is 9.88. The maximum atomic E-state index is 12.4. The summed E-state index contributed by atoms with van der Waals surface area (Å²) >= 11 is 1.46. The Morgan fingerprint density at radius 1 is 1.42 bits per heavy atom. The van der Waals surface area contributed by atoms with E-state index < -0.39 is 0 Å². The first-order chi connectivity index (χ1) is 11.6. The quantitative estimate of drug-likeness (QED) is 0.861. The number of amides is 1. The number of hydrogen-bond acceptors (Lipinski definition) is 6. The van der Waals surface area contributed by atoms with Crippen LogP contribution in [-0.2, 0) is 17.6 Å². The third kappa shape index (κ3) is 3.31. The molecule has 1 aliphatic rings. The van der Waals surface area contributed by atoms with Gasteiger partial charge < -0.3 is 10.1 Å². The first kappa shape index (κ1) is 16.6. The van der Waals surface area contributed by atoms with E-state index in [9.17, 15) is 9.59 Å². The van der Waals surface area contributed by atoms with Crippen LogP contribution in [0.1, 0.15) is 51.6 Å². The molecule has 7 heteroatoms. The van der Waals surface area contributed by atoms with Gasteiger partial charge in [0.05, 0.1) is 18.4 Å². The van der Waals surface area contributed by atoms with Crippen LogP contribution in [0, 0.1) is 5.92 Å². The maximum Gasteiger partial charge on any atom is 0.341 e. The first-order valence-corrected chi connectivity index (χ1v) is 8.80. The van der Waals surface area contributed by atoms with E-state index in [0.29, 0.717) is 23.1 Å². The summed E-state index contributed by atoms with van der Waals surface area (Å²) in [4.78, 5) is 33.8. The number of rotatable bonds is 4. The summed E-state index contributed by atoms with van der Waals surface area (Å²) in [5.74, 6) is -0.172. The molecule has 1 amide bonds. The Balaban J connectivity index is 1.94. The Hall–Kier alpha value is -2.28. The van der Waals surface area contributed by atoms with Crippen molar-refractivity contribution in [2.24, 2.45) is 5.92 Å². The molecule has 2 aromatic rings. The molecule has 0 aromatic carbocycles. The maximum absolute atomic E-state index is 12.4. The van der Waals surface area contributed by atoms with E-state index in [0.717, 1.165) is 29.7 Å². The number of carbonyl (C=O) groups is 2. The highest BCUT2D eigenvalue weighted by molar-refractivity contribution is 7.17. The smallest absolute Gasteiger partial charge is 0.341 e. The molecule has 3 rings (SSSR count). The largest absolute Gasteiger partial charge is 0.462 e. The van der Waals surface area contributed by atoms with Gasteiger partial charge in [-0.1, -0.05) is 6.92 Å². The SMILES string of the molecule is CCOC(=O)c1c(NC(=O)c2cnccn2)sc2c1CC[C@H](C)C2. The summed E-state index contributed by atoms with van der Waals surface area (Å²) in [6.07, 6.45) is 7.16. The van der Waals surface area contributed by atoms with Crippen LogP contribution in [0.3, 0.4) is 0 Å². The van der Waals surface area contributed by atoms with Crippen molar-refractivity contribution in [2.75, 3.05) is 11.9 Å². The number of thiophene rings is 1. The number of hydrogen-bond donors (Lipinski definition) is 1. The molecule has 1 N–H and O–H groups in total. The molecule has 2 aromatic heterocycles. The molecule has 0 fully saturated rings. The highest BCUT2D eigenvalue weighted by atomic mass is 32.1. The van der Waals surface area contributed by atoms with Crippen LogP contribution in [0.25, 0.3) is 0 Å². The van der Waals surface area contributed by atoms with Crippen molar-refractivity contribution >= 4 is 28.2 Å². The number of carbonyl (C=O) groups excluding carboxylic acids is 2. The van der Waals surface area contributed by atoms with Gasteiger partial charge in [-0.05, 0) is 37.7 Å². The summed E-state index contributed by atoms with van der Waals surface area (Å²) in [5, 5.41) is 3.36. The van der Waals surface area contributed by atoms with Gasteiger partial charge in [0.1, 0.15) is 10.7 Å². The molecule has 0 saturated carbocycles. The summed E-state index contributed by atoms with van der Waals surface area (Å²) in [6.45, 7) is 4.28. The average Bonchev–Trinajstić information content (AvgIpc) is 2.92. The summed E-state index contributed by atoms with van der Waals surface area (Å²) in [7, 11) is 0. The first-order valence-electron chi connectivity index (χ1n) is 7.99. The molecule has 0 radical (unpaired) electrons. The van der Waals surface area contributed by atoms with E-state index in [1.807, 2.05) is 0 Å². The van der Waals surface area contributed by atoms with Gasteiger partial charge >= 0.3 is 5.97 Å². The Bertz CT molecular complexity index is 758. The number of aromatic nitrogens is 2. The fourth-order valence-corrected chi connectivity index (χ4v) is 4.24. The van der Waals surface area contributed by atoms with Crippen molar-refractivity contribution in [1.29, 1.82) is 0 Å². The fraction of sp³-hybridized carbons (Fsp3) is 0.412. The minimum atomic E-state index is -0.376. The Morgan fingerprint density at radius 2 is 2.25 bits per heavy atom. The van der Waals surface area contributed by atoms with E-state index in [1.54, 1.807) is 6.92 Å². The number of nitrogens with zero attached hydrogens (tertiary/aromatic N) is 2. The average molecular weight is 345 g/mol. The van der Waals surface area contributed by atoms with Crippen molar-refractivity contribution in [3.05, 3.63) is 40.3 Å². The third-order valence-electron chi connectivity index (χ3n) is 4.01. The lowest BCUT2D eigenvalue weighted by Gasteiger charge is -2.18. The molecule has 1 atom stereocenters. The molecule has 24 heavy (non-hydrogen) atoms. The van der Waals surface area contributed by atoms with E-state index in [1.165, 1.54) is 29.9 Å². The molecule has 6 nitrogen and oxygen atoms in total. The number of ether oxygens (including phenoxy) is 1. The molecule has 0 unspecified atom stereocenters. The molecule has 0 bridgehead atoms. The topological polar surface area (TPSA) is 81.2 Å². The number of fused-ring (bicyclic) bond motifs is 1. The summed E-state index contributed by atoms with van der Waals surface area (Å²) in [6, 6.07) is 0. The van der Waals surface area contributed by atoms with E-state index in [4.69, 9.17) is 4.74 Å². The lowest BCUT2D eigenvalue weighted by molar-refractivity contribution is 0.0526. The highest BCUT2D eigenvalue weighted by Gasteiger charge is 2.29. The van der Waals surface area contributed by atoms with Crippen molar-refractivity contribution in [2.45, 2.75) is 33.1 Å². The van der Waals surface area contributed by atoms with Crippen molar-refractivity contribution in [3.8, 4) is 0 Å². The Morgan fingerprint density at radius 3 is 2.96 bits per heavy atom.